The third-order valence-corrected chi connectivity index (χ3v) is 11.8. The fraction of sp³-hybridized carbons (Fsp3) is 0.0769. The standard InChI is InChI=1S/C20H19P.C19H16P.BrH.Ni/c1-4-10-18(11-5-1)16-21(20-14-8-3-9-15-20)17-19-12-6-2-7-13-19;1-4-10-17(11-5-1)16-20(18-12-6-2-7-13-18)19-14-8-3-9-15-19;;/h1-15H,16-17H2;1-10,12-15H,16H2;1H;/q;;;+2/p-1. The molecule has 0 nitrogen and oxygen atoms in total. The van der Waals surface area contributed by atoms with Gasteiger partial charge in [-0.15, -0.1) is 0 Å². The molecule has 43 heavy (non-hydrogen) atoms. The van der Waals surface area contributed by atoms with Crippen LogP contribution in [-0.4, -0.2) is 0 Å². The molecule has 0 bridgehead atoms. The molecule has 0 aromatic heterocycles. The molecule has 0 unspecified atom stereocenters. The summed E-state index contributed by atoms with van der Waals surface area (Å²) >= 11 is 0. The van der Waals surface area contributed by atoms with E-state index in [2.05, 4.69) is 170 Å². The van der Waals surface area contributed by atoms with E-state index in [1.165, 1.54) is 32.6 Å². The van der Waals surface area contributed by atoms with Gasteiger partial charge in [-0.2, -0.15) is 0 Å². The Hall–Kier alpha value is -2.85. The smallest absolute Gasteiger partial charge is 1.00 e. The van der Waals surface area contributed by atoms with Crippen molar-refractivity contribution in [1.82, 2.24) is 0 Å². The van der Waals surface area contributed by atoms with Crippen LogP contribution in [0.5, 0.6) is 0 Å². The van der Waals surface area contributed by atoms with Crippen LogP contribution >= 0.6 is 15.8 Å². The zero-order valence-electron chi connectivity index (χ0n) is 24.0. The number of halogens is 1. The summed E-state index contributed by atoms with van der Waals surface area (Å²) in [6.07, 6.45) is 3.34. The van der Waals surface area contributed by atoms with Crippen molar-refractivity contribution < 1.29 is 33.5 Å². The summed E-state index contributed by atoms with van der Waals surface area (Å²) in [6, 6.07) is 65.9. The van der Waals surface area contributed by atoms with E-state index in [0.29, 0.717) is 0 Å². The van der Waals surface area contributed by atoms with Gasteiger partial charge in [0.15, 0.2) is 0 Å². The SMILES string of the molecule is [Br-].[Ni+2].[c]1ccccc1CP(c1ccccc1)c1ccccc1.c1ccc(CP(Cc2ccccc2)c2ccccc2)cc1. The molecule has 1 radical (unpaired) electrons. The number of benzene rings is 6. The number of hydrogen-bond acceptors (Lipinski definition) is 0. The largest absolute Gasteiger partial charge is 2.00 e. The Kier molecular flexibility index (Phi) is 15.7. The van der Waals surface area contributed by atoms with E-state index >= 15 is 0 Å². The van der Waals surface area contributed by atoms with E-state index in [9.17, 15) is 0 Å². The maximum atomic E-state index is 3.35. The van der Waals surface area contributed by atoms with Gasteiger partial charge >= 0.3 is 16.5 Å². The van der Waals surface area contributed by atoms with Crippen molar-refractivity contribution in [3.63, 3.8) is 0 Å². The minimum atomic E-state index is -0.358. The Balaban J connectivity index is 0.000000225. The predicted octanol–water partition coefficient (Wildman–Crippen LogP) is 6.32. The van der Waals surface area contributed by atoms with Crippen LogP contribution in [0, 0.1) is 6.07 Å². The Morgan fingerprint density at radius 3 is 1.16 bits per heavy atom. The van der Waals surface area contributed by atoms with Crippen LogP contribution in [0.25, 0.3) is 0 Å². The Morgan fingerprint density at radius 1 is 0.395 bits per heavy atom. The summed E-state index contributed by atoms with van der Waals surface area (Å²) in [5.41, 5.74) is 4.15. The average molecular weight is 704 g/mol. The van der Waals surface area contributed by atoms with Crippen LogP contribution in [-0.2, 0) is 35.0 Å². The first-order valence-corrected chi connectivity index (χ1v) is 17.3. The van der Waals surface area contributed by atoms with Crippen molar-refractivity contribution in [2.45, 2.75) is 18.5 Å². The van der Waals surface area contributed by atoms with Crippen molar-refractivity contribution in [2.75, 3.05) is 0 Å². The number of hydrogen-bond donors (Lipinski definition) is 0. The van der Waals surface area contributed by atoms with Gasteiger partial charge in [0.05, 0.1) is 0 Å². The van der Waals surface area contributed by atoms with Crippen LogP contribution in [0.15, 0.2) is 176 Å². The van der Waals surface area contributed by atoms with Crippen molar-refractivity contribution in [3.8, 4) is 0 Å². The fourth-order valence-electron chi connectivity index (χ4n) is 4.73. The molecule has 0 saturated carbocycles. The maximum Gasteiger partial charge on any atom is 2.00 e. The fourth-order valence-corrected chi connectivity index (χ4v) is 9.37. The van der Waals surface area contributed by atoms with Crippen molar-refractivity contribution in [3.05, 3.63) is 199 Å². The second-order valence-electron chi connectivity index (χ2n) is 9.81. The number of rotatable bonds is 9. The third-order valence-electron chi connectivity index (χ3n) is 6.79. The topological polar surface area (TPSA) is 0 Å². The van der Waals surface area contributed by atoms with Gasteiger partial charge in [0.25, 0.3) is 0 Å². The van der Waals surface area contributed by atoms with E-state index in [1.54, 1.807) is 0 Å². The summed E-state index contributed by atoms with van der Waals surface area (Å²) < 4.78 is 0. The van der Waals surface area contributed by atoms with Gasteiger partial charge in [-0.25, -0.2) is 0 Å². The molecule has 6 aromatic rings. The van der Waals surface area contributed by atoms with Gasteiger partial charge in [0.1, 0.15) is 0 Å². The molecular formula is C39H35BrNiP2+. The van der Waals surface area contributed by atoms with Gasteiger partial charge in [0.2, 0.25) is 0 Å². The summed E-state index contributed by atoms with van der Waals surface area (Å²) in [7, 11) is -0.567. The molecule has 0 N–H and O–H groups in total. The Labute approximate surface area is 280 Å². The van der Waals surface area contributed by atoms with Crippen molar-refractivity contribution in [1.29, 1.82) is 0 Å². The molecule has 0 saturated heterocycles. The van der Waals surface area contributed by atoms with E-state index in [-0.39, 0.29) is 49.3 Å². The average Bonchev–Trinajstić information content (AvgIpc) is 3.06. The molecule has 0 aliphatic carbocycles. The zero-order valence-corrected chi connectivity index (χ0v) is 28.3. The second kappa shape index (κ2) is 19.4. The van der Waals surface area contributed by atoms with Gasteiger partial charge in [0, 0.05) is 6.16 Å². The monoisotopic (exact) mass is 702 g/mol. The Morgan fingerprint density at radius 2 is 0.767 bits per heavy atom. The summed E-state index contributed by atoms with van der Waals surface area (Å²) in [6.45, 7) is 0. The molecule has 0 amide bonds. The summed E-state index contributed by atoms with van der Waals surface area (Å²) in [5, 5.41) is 4.33. The van der Waals surface area contributed by atoms with Gasteiger partial charge < -0.3 is 17.0 Å². The van der Waals surface area contributed by atoms with E-state index in [1.807, 2.05) is 12.1 Å². The van der Waals surface area contributed by atoms with Crippen LogP contribution < -0.4 is 32.9 Å². The molecular weight excluding hydrogens is 669 g/mol. The molecule has 6 rings (SSSR count). The zero-order chi connectivity index (χ0) is 28.0. The van der Waals surface area contributed by atoms with Crippen molar-refractivity contribution in [2.24, 2.45) is 0 Å². The quantitative estimate of drug-likeness (QED) is 0.122. The predicted molar refractivity (Wildman–Crippen MR) is 181 cm³/mol. The molecule has 0 heterocycles. The molecule has 0 fully saturated rings. The minimum Gasteiger partial charge on any atom is -1.00 e. The van der Waals surface area contributed by atoms with Crippen molar-refractivity contribution >= 4 is 31.8 Å². The van der Waals surface area contributed by atoms with Crippen LogP contribution in [0.2, 0.25) is 0 Å². The van der Waals surface area contributed by atoms with Crippen LogP contribution in [0.3, 0.4) is 0 Å². The normalized spacial score (nSPS) is 10.2. The molecule has 0 aliphatic rings. The van der Waals surface area contributed by atoms with E-state index in [4.69, 9.17) is 0 Å². The minimum absolute atomic E-state index is 0. The first-order valence-electron chi connectivity index (χ1n) is 14.1. The molecule has 0 spiro atoms. The third kappa shape index (κ3) is 11.3. The van der Waals surface area contributed by atoms with Gasteiger partial charge in [-0.05, 0) is 58.9 Å². The van der Waals surface area contributed by atoms with Gasteiger partial charge in [-0.3, -0.25) is 0 Å². The first kappa shape index (κ1) is 34.6. The van der Waals surface area contributed by atoms with Gasteiger partial charge in [-0.1, -0.05) is 184 Å². The Bertz CT molecular complexity index is 1460. The van der Waals surface area contributed by atoms with Crippen LogP contribution in [0.4, 0.5) is 0 Å². The summed E-state index contributed by atoms with van der Waals surface area (Å²) in [5.74, 6) is 0. The van der Waals surface area contributed by atoms with Crippen LogP contribution in [0.1, 0.15) is 16.7 Å². The van der Waals surface area contributed by atoms with E-state index < -0.39 is 0 Å². The van der Waals surface area contributed by atoms with E-state index in [0.717, 1.165) is 18.5 Å². The molecule has 0 atom stereocenters. The summed E-state index contributed by atoms with van der Waals surface area (Å²) in [4.78, 5) is 0. The first-order chi connectivity index (χ1) is 20.3. The second-order valence-corrected chi connectivity index (χ2v) is 14.2. The maximum absolute atomic E-state index is 3.35. The molecule has 217 valence electrons. The molecule has 4 heteroatoms. The molecule has 6 aromatic carbocycles. The molecule has 0 aliphatic heterocycles.